The molecule has 0 amide bonds. The molecule has 0 aromatic heterocycles. The summed E-state index contributed by atoms with van der Waals surface area (Å²) in [5.74, 6) is -0.248. The Balaban J connectivity index is 1.35. The first-order chi connectivity index (χ1) is 15.0. The number of ether oxygens (including phenoxy) is 1. The van der Waals surface area contributed by atoms with Crippen molar-refractivity contribution in [1.82, 2.24) is 4.90 Å². The Bertz CT molecular complexity index is 952. The van der Waals surface area contributed by atoms with Gasteiger partial charge in [0.05, 0.1) is 18.2 Å². The van der Waals surface area contributed by atoms with Gasteiger partial charge >= 0.3 is 5.97 Å². The number of halogens is 1. The van der Waals surface area contributed by atoms with Gasteiger partial charge in [0.1, 0.15) is 17.7 Å². The van der Waals surface area contributed by atoms with Crippen molar-refractivity contribution >= 4 is 11.7 Å². The molecule has 0 saturated carbocycles. The van der Waals surface area contributed by atoms with Gasteiger partial charge in [-0.15, -0.1) is 0 Å². The second-order valence-corrected chi connectivity index (χ2v) is 8.39. The number of hydrogen-bond acceptors (Lipinski definition) is 5. The molecule has 0 unspecified atom stereocenters. The van der Waals surface area contributed by atoms with Gasteiger partial charge in [-0.3, -0.25) is 9.69 Å². The van der Waals surface area contributed by atoms with Crippen molar-refractivity contribution in [2.45, 2.75) is 38.3 Å². The van der Waals surface area contributed by atoms with Crippen LogP contribution in [0.2, 0.25) is 0 Å². The van der Waals surface area contributed by atoms with Crippen LogP contribution < -0.4 is 4.74 Å². The maximum absolute atomic E-state index is 13.2. The molecule has 1 saturated heterocycles. The molecular formula is C24H27FN2O4. The molecule has 2 heterocycles. The summed E-state index contributed by atoms with van der Waals surface area (Å²) in [6.07, 6.45) is 1.81. The second-order valence-electron chi connectivity index (χ2n) is 8.39. The van der Waals surface area contributed by atoms with Gasteiger partial charge in [-0.1, -0.05) is 29.4 Å². The monoisotopic (exact) mass is 426 g/mol. The maximum atomic E-state index is 13.2. The van der Waals surface area contributed by atoms with Crippen LogP contribution in [-0.2, 0) is 16.2 Å². The summed E-state index contributed by atoms with van der Waals surface area (Å²) in [6.45, 7) is 2.19. The number of carboxylic acids is 1. The van der Waals surface area contributed by atoms with E-state index in [4.69, 9.17) is 9.57 Å². The van der Waals surface area contributed by atoms with E-state index in [-0.39, 0.29) is 11.9 Å². The van der Waals surface area contributed by atoms with Gasteiger partial charge in [-0.2, -0.15) is 0 Å². The Labute approximate surface area is 181 Å². The number of aliphatic carboxylic acids is 1. The minimum atomic E-state index is -0.816. The van der Waals surface area contributed by atoms with Crippen LogP contribution in [-0.4, -0.2) is 48.0 Å². The van der Waals surface area contributed by atoms with E-state index in [1.807, 2.05) is 18.2 Å². The molecule has 0 radical (unpaired) electrons. The number of carbonyl (C=O) groups is 1. The molecule has 7 heteroatoms. The number of nitrogens with zero attached hydrogens (tertiary/aromatic N) is 2. The maximum Gasteiger partial charge on any atom is 0.309 e. The molecule has 0 aliphatic carbocycles. The highest BCUT2D eigenvalue weighted by atomic mass is 19.1. The highest BCUT2D eigenvalue weighted by Gasteiger charge is 2.44. The highest BCUT2D eigenvalue weighted by molar-refractivity contribution is 6.01. The zero-order valence-electron chi connectivity index (χ0n) is 17.6. The lowest BCUT2D eigenvalue weighted by Crippen LogP contribution is -2.45. The molecule has 4 rings (SSSR count). The number of rotatable bonds is 7. The van der Waals surface area contributed by atoms with Gasteiger partial charge in [0, 0.05) is 19.4 Å². The summed E-state index contributed by atoms with van der Waals surface area (Å²) in [5, 5.41) is 14.2. The summed E-state index contributed by atoms with van der Waals surface area (Å²) < 4.78 is 18.4. The molecule has 1 fully saturated rings. The normalized spacial score (nSPS) is 20.7. The number of methoxy groups -OCH3 is 1. The van der Waals surface area contributed by atoms with Crippen molar-refractivity contribution in [2.24, 2.45) is 10.6 Å². The third kappa shape index (κ3) is 4.88. The van der Waals surface area contributed by atoms with E-state index in [1.54, 1.807) is 19.2 Å². The van der Waals surface area contributed by atoms with E-state index in [1.165, 1.54) is 12.1 Å². The molecule has 2 aliphatic rings. The van der Waals surface area contributed by atoms with E-state index < -0.39 is 11.4 Å². The van der Waals surface area contributed by atoms with Crippen molar-refractivity contribution in [3.05, 3.63) is 65.5 Å². The highest BCUT2D eigenvalue weighted by Crippen LogP contribution is 2.39. The molecule has 31 heavy (non-hydrogen) atoms. The minimum absolute atomic E-state index is 0.277. The van der Waals surface area contributed by atoms with Crippen molar-refractivity contribution in [2.75, 3.05) is 20.2 Å². The molecule has 0 bridgehead atoms. The quantitative estimate of drug-likeness (QED) is 0.722. The first-order valence-electron chi connectivity index (χ1n) is 10.5. The molecule has 2 aliphatic heterocycles. The Kier molecular flexibility index (Phi) is 6.23. The van der Waals surface area contributed by atoms with Crippen LogP contribution in [0.25, 0.3) is 0 Å². The van der Waals surface area contributed by atoms with E-state index in [0.717, 1.165) is 29.1 Å². The van der Waals surface area contributed by atoms with E-state index in [9.17, 15) is 14.3 Å². The van der Waals surface area contributed by atoms with Crippen LogP contribution in [0.5, 0.6) is 5.75 Å². The number of benzene rings is 2. The summed E-state index contributed by atoms with van der Waals surface area (Å²) in [7, 11) is 1.65. The fraction of sp³-hybridized carbons (Fsp3) is 0.417. The smallest absolute Gasteiger partial charge is 0.309 e. The zero-order valence-corrected chi connectivity index (χ0v) is 17.6. The number of carboxylic acid groups (broad SMARTS) is 1. The average molecular weight is 426 g/mol. The van der Waals surface area contributed by atoms with E-state index in [0.29, 0.717) is 38.8 Å². The van der Waals surface area contributed by atoms with Gasteiger partial charge in [0.2, 0.25) is 0 Å². The van der Waals surface area contributed by atoms with Crippen molar-refractivity contribution < 1.29 is 23.9 Å². The zero-order chi connectivity index (χ0) is 21.8. The fourth-order valence-corrected chi connectivity index (χ4v) is 4.46. The first-order valence-corrected chi connectivity index (χ1v) is 10.5. The number of hydrogen-bond donors (Lipinski definition) is 1. The fourth-order valence-electron chi connectivity index (χ4n) is 4.46. The molecule has 164 valence electrons. The van der Waals surface area contributed by atoms with Crippen LogP contribution >= 0.6 is 0 Å². The Morgan fingerprint density at radius 1 is 1.26 bits per heavy atom. The van der Waals surface area contributed by atoms with E-state index >= 15 is 0 Å². The van der Waals surface area contributed by atoms with E-state index in [2.05, 4.69) is 16.1 Å². The summed E-state index contributed by atoms with van der Waals surface area (Å²) in [4.78, 5) is 20.1. The third-order valence-electron chi connectivity index (χ3n) is 6.34. The predicted octanol–water partition coefficient (Wildman–Crippen LogP) is 4.08. The van der Waals surface area contributed by atoms with Gasteiger partial charge in [0.25, 0.3) is 0 Å². The van der Waals surface area contributed by atoms with Crippen molar-refractivity contribution in [3.8, 4) is 5.75 Å². The predicted molar refractivity (Wildman–Crippen MR) is 115 cm³/mol. The topological polar surface area (TPSA) is 71.4 Å². The van der Waals surface area contributed by atoms with Gasteiger partial charge in [-0.25, -0.2) is 4.39 Å². The number of likely N-dealkylation sites (tertiary alicyclic amines) is 1. The van der Waals surface area contributed by atoms with Crippen molar-refractivity contribution in [1.29, 1.82) is 0 Å². The Hall–Kier alpha value is -2.93. The standard InChI is InChI=1S/C24H27FN2O4/c1-30-20-4-2-3-17(13-20)16-27-11-9-24(10-12-27,23(28)29)15-21-14-22(26-31-21)18-5-7-19(25)8-6-18/h2-8,13,21H,9-12,14-16H2,1H3,(H,28,29)/t21-/m0/s1. The van der Waals surface area contributed by atoms with Gasteiger partial charge < -0.3 is 14.7 Å². The minimum Gasteiger partial charge on any atom is -0.497 e. The van der Waals surface area contributed by atoms with Crippen LogP contribution in [0.1, 0.15) is 36.8 Å². The molecule has 2 aromatic rings. The Morgan fingerprint density at radius 2 is 2.00 bits per heavy atom. The lowest BCUT2D eigenvalue weighted by molar-refractivity contribution is -0.155. The molecule has 0 spiro atoms. The molecule has 1 atom stereocenters. The first kappa shape index (κ1) is 21.3. The second kappa shape index (κ2) is 9.06. The van der Waals surface area contributed by atoms with Crippen molar-refractivity contribution in [3.63, 3.8) is 0 Å². The summed E-state index contributed by atoms with van der Waals surface area (Å²) >= 11 is 0. The molecule has 1 N–H and O–H groups in total. The summed E-state index contributed by atoms with van der Waals surface area (Å²) in [5.41, 5.74) is 1.88. The van der Waals surface area contributed by atoms with Crippen LogP contribution in [0.3, 0.4) is 0 Å². The largest absolute Gasteiger partial charge is 0.497 e. The molecule has 6 nitrogen and oxygen atoms in total. The average Bonchev–Trinajstić information content (AvgIpc) is 3.24. The Morgan fingerprint density at radius 3 is 2.68 bits per heavy atom. The molecule has 2 aromatic carbocycles. The van der Waals surface area contributed by atoms with Crippen LogP contribution in [0.4, 0.5) is 4.39 Å². The number of piperidine rings is 1. The molecular weight excluding hydrogens is 399 g/mol. The SMILES string of the molecule is COc1cccc(CN2CCC(C[C@@H]3CC(c4ccc(F)cc4)=NO3)(C(=O)O)CC2)c1. The summed E-state index contributed by atoms with van der Waals surface area (Å²) in [6, 6.07) is 14.1. The van der Waals surface area contributed by atoms with Crippen LogP contribution in [0, 0.1) is 11.2 Å². The van der Waals surface area contributed by atoms with Crippen LogP contribution in [0.15, 0.2) is 53.7 Å². The van der Waals surface area contributed by atoms with Gasteiger partial charge in [0.15, 0.2) is 0 Å². The number of oxime groups is 1. The van der Waals surface area contributed by atoms with Gasteiger partial charge in [-0.05, 0) is 61.3 Å². The lowest BCUT2D eigenvalue weighted by atomic mass is 9.73. The third-order valence-corrected chi connectivity index (χ3v) is 6.34. The lowest BCUT2D eigenvalue weighted by Gasteiger charge is -2.39.